The minimum absolute atomic E-state index is 0.260. The van der Waals surface area contributed by atoms with Crippen LogP contribution >= 0.6 is 0 Å². The van der Waals surface area contributed by atoms with Crippen LogP contribution in [0.4, 0.5) is 0 Å². The lowest BCUT2D eigenvalue weighted by Gasteiger charge is -2.34. The first-order valence-electron chi connectivity index (χ1n) is 9.69. The number of rotatable bonds is 9. The molecule has 10 heteroatoms. The van der Waals surface area contributed by atoms with Gasteiger partial charge in [-0.2, -0.15) is 5.26 Å². The number of hydrogen-bond acceptors (Lipinski definition) is 7. The van der Waals surface area contributed by atoms with E-state index in [1.807, 2.05) is 30.3 Å². The molecule has 0 saturated heterocycles. The maximum absolute atomic E-state index is 13.0. The van der Waals surface area contributed by atoms with Crippen LogP contribution < -0.4 is 16.1 Å². The molecule has 0 aromatic heterocycles. The average Bonchev–Trinajstić information content (AvgIpc) is 2.83. The Hall–Kier alpha value is -4.10. The Morgan fingerprint density at radius 2 is 1.59 bits per heavy atom. The number of carbonyl (C=O) groups excluding carboxylic acids is 3. The van der Waals surface area contributed by atoms with Crippen LogP contribution in [-0.2, 0) is 16.1 Å². The molecule has 0 fully saturated rings. The van der Waals surface area contributed by atoms with Crippen molar-refractivity contribution in [3.05, 3.63) is 64.6 Å². The third-order valence-corrected chi connectivity index (χ3v) is 5.19. The second kappa shape index (κ2) is 10.8. The molecule has 0 aliphatic rings. The standard InChI is InChI=1S/C22H24N6O4/c1-22(20(30)24-2,21(31)26-27-32)28(3)19(29)18-10-8-17(9-11-18)16-6-4-15(5-7-16)14-25-13-12-23/h4-11,25H,13-14H2,1-3H3,(H,24,30)(H,26,31,32)/t22-/m0/s1. The highest BCUT2D eigenvalue weighted by atomic mass is 16.3. The van der Waals surface area contributed by atoms with Crippen molar-refractivity contribution >= 4 is 17.7 Å². The third kappa shape index (κ3) is 5.14. The van der Waals surface area contributed by atoms with Crippen LogP contribution in [0.5, 0.6) is 0 Å². The van der Waals surface area contributed by atoms with Crippen LogP contribution in [0.3, 0.4) is 0 Å². The number of carbonyl (C=O) groups is 3. The number of hydrogen-bond donors (Lipinski definition) is 3. The largest absolute Gasteiger partial charge is 0.357 e. The lowest BCUT2D eigenvalue weighted by atomic mass is 9.96. The van der Waals surface area contributed by atoms with E-state index in [2.05, 4.69) is 15.9 Å². The van der Waals surface area contributed by atoms with Crippen LogP contribution in [-0.4, -0.2) is 48.8 Å². The molecule has 0 unspecified atom stereocenters. The molecule has 0 aliphatic carbocycles. The number of likely N-dealkylation sites (N-methyl/N-ethyl adjacent to an activating group) is 2. The second-order valence-corrected chi connectivity index (χ2v) is 7.08. The van der Waals surface area contributed by atoms with Gasteiger partial charge in [0.05, 0.1) is 17.9 Å². The Morgan fingerprint density at radius 3 is 2.09 bits per heavy atom. The van der Waals surface area contributed by atoms with E-state index in [1.165, 1.54) is 21.0 Å². The number of nitroso groups, excluding NO2 is 1. The summed E-state index contributed by atoms with van der Waals surface area (Å²) in [5.41, 5.74) is 2.82. The Bertz CT molecular complexity index is 1030. The number of nitriles is 1. The van der Waals surface area contributed by atoms with Gasteiger partial charge in [-0.1, -0.05) is 36.4 Å². The number of benzene rings is 2. The first-order chi connectivity index (χ1) is 15.3. The molecule has 166 valence electrons. The summed E-state index contributed by atoms with van der Waals surface area (Å²) < 4.78 is 0. The van der Waals surface area contributed by atoms with Crippen molar-refractivity contribution in [1.29, 1.82) is 5.26 Å². The molecule has 3 amide bonds. The van der Waals surface area contributed by atoms with E-state index in [-0.39, 0.29) is 12.1 Å². The van der Waals surface area contributed by atoms with Gasteiger partial charge in [0.1, 0.15) is 0 Å². The highest BCUT2D eigenvalue weighted by molar-refractivity contribution is 6.13. The Morgan fingerprint density at radius 1 is 1.03 bits per heavy atom. The maximum atomic E-state index is 13.0. The van der Waals surface area contributed by atoms with Crippen molar-refractivity contribution in [3.8, 4) is 17.2 Å². The predicted octanol–water partition coefficient (Wildman–Crippen LogP) is 1.34. The first kappa shape index (κ1) is 24.2. The molecular weight excluding hydrogens is 412 g/mol. The SMILES string of the molecule is CNC(=O)[C@@](C)(C(=O)NN=O)N(C)C(=O)c1ccc(-c2ccc(CNCC#N)cc2)cc1. The van der Waals surface area contributed by atoms with Crippen molar-refractivity contribution in [2.45, 2.75) is 19.0 Å². The van der Waals surface area contributed by atoms with E-state index < -0.39 is 23.3 Å². The van der Waals surface area contributed by atoms with Gasteiger partial charge in [-0.3, -0.25) is 14.4 Å². The molecule has 0 heterocycles. The van der Waals surface area contributed by atoms with Gasteiger partial charge in [-0.05, 0) is 35.7 Å². The van der Waals surface area contributed by atoms with Crippen LogP contribution in [0, 0.1) is 16.2 Å². The van der Waals surface area contributed by atoms with E-state index in [0.29, 0.717) is 6.54 Å². The Kier molecular flexibility index (Phi) is 8.15. The number of nitrogens with zero attached hydrogens (tertiary/aromatic N) is 3. The van der Waals surface area contributed by atoms with Gasteiger partial charge in [-0.15, -0.1) is 4.91 Å². The smallest absolute Gasteiger partial charge is 0.278 e. The quantitative estimate of drug-likeness (QED) is 0.178. The number of nitrogens with one attached hydrogen (secondary N) is 3. The zero-order valence-corrected chi connectivity index (χ0v) is 18.0. The molecular formula is C22H24N6O4. The first-order valence-corrected chi connectivity index (χ1v) is 9.69. The molecule has 2 aromatic carbocycles. The summed E-state index contributed by atoms with van der Waals surface area (Å²) in [5, 5.41) is 16.2. The molecule has 2 rings (SSSR count). The van der Waals surface area contributed by atoms with Crippen LogP contribution in [0.15, 0.2) is 53.8 Å². The monoisotopic (exact) mass is 436 g/mol. The summed E-state index contributed by atoms with van der Waals surface area (Å²) in [7, 11) is 2.62. The van der Waals surface area contributed by atoms with Gasteiger partial charge in [0.25, 0.3) is 17.7 Å². The highest BCUT2D eigenvalue weighted by Gasteiger charge is 2.47. The zero-order valence-electron chi connectivity index (χ0n) is 18.0. The highest BCUT2D eigenvalue weighted by Crippen LogP contribution is 2.23. The van der Waals surface area contributed by atoms with Crippen molar-refractivity contribution in [1.82, 2.24) is 21.0 Å². The topological polar surface area (TPSA) is 144 Å². The molecule has 0 spiro atoms. The molecule has 0 aliphatic heterocycles. The molecule has 0 radical (unpaired) electrons. The predicted molar refractivity (Wildman–Crippen MR) is 118 cm³/mol. The van der Waals surface area contributed by atoms with E-state index in [4.69, 9.17) is 5.26 Å². The van der Waals surface area contributed by atoms with Gasteiger partial charge < -0.3 is 15.5 Å². The summed E-state index contributed by atoms with van der Waals surface area (Å²) in [6.07, 6.45) is 0. The second-order valence-electron chi connectivity index (χ2n) is 7.08. The van der Waals surface area contributed by atoms with Crippen molar-refractivity contribution in [2.75, 3.05) is 20.6 Å². The molecule has 1 atom stereocenters. The van der Waals surface area contributed by atoms with Crippen LogP contribution in [0.25, 0.3) is 11.1 Å². The molecule has 32 heavy (non-hydrogen) atoms. The fourth-order valence-electron chi connectivity index (χ4n) is 3.08. The fraction of sp³-hybridized carbons (Fsp3) is 0.273. The Labute approximate surface area is 185 Å². The van der Waals surface area contributed by atoms with E-state index in [0.717, 1.165) is 21.6 Å². The van der Waals surface area contributed by atoms with Gasteiger partial charge in [-0.25, -0.2) is 5.43 Å². The normalized spacial score (nSPS) is 12.1. The lowest BCUT2D eigenvalue weighted by molar-refractivity contribution is -0.142. The summed E-state index contributed by atoms with van der Waals surface area (Å²) >= 11 is 0. The Balaban J connectivity index is 2.21. The minimum atomic E-state index is -1.98. The molecule has 10 nitrogen and oxygen atoms in total. The van der Waals surface area contributed by atoms with Gasteiger partial charge in [0, 0.05) is 26.2 Å². The van der Waals surface area contributed by atoms with Crippen LogP contribution in [0.2, 0.25) is 0 Å². The summed E-state index contributed by atoms with van der Waals surface area (Å²) in [4.78, 5) is 49.0. The van der Waals surface area contributed by atoms with E-state index in [9.17, 15) is 19.3 Å². The van der Waals surface area contributed by atoms with Crippen molar-refractivity contribution < 1.29 is 14.4 Å². The maximum Gasteiger partial charge on any atom is 0.278 e. The van der Waals surface area contributed by atoms with Gasteiger partial charge in [0.2, 0.25) is 0 Å². The summed E-state index contributed by atoms with van der Waals surface area (Å²) in [6, 6.07) is 16.5. The molecule has 2 aromatic rings. The zero-order chi connectivity index (χ0) is 23.7. The van der Waals surface area contributed by atoms with Crippen LogP contribution in [0.1, 0.15) is 22.8 Å². The summed E-state index contributed by atoms with van der Waals surface area (Å²) in [6.45, 7) is 2.09. The van der Waals surface area contributed by atoms with Gasteiger partial charge in [0.15, 0.2) is 5.54 Å². The minimum Gasteiger partial charge on any atom is -0.357 e. The average molecular weight is 436 g/mol. The van der Waals surface area contributed by atoms with E-state index in [1.54, 1.807) is 29.7 Å². The fourth-order valence-corrected chi connectivity index (χ4v) is 3.08. The van der Waals surface area contributed by atoms with E-state index >= 15 is 0 Å². The third-order valence-electron chi connectivity index (χ3n) is 5.19. The molecule has 0 saturated carbocycles. The number of amides is 3. The van der Waals surface area contributed by atoms with Crippen molar-refractivity contribution in [3.63, 3.8) is 0 Å². The van der Waals surface area contributed by atoms with Crippen molar-refractivity contribution in [2.24, 2.45) is 5.29 Å². The molecule has 0 bridgehead atoms. The lowest BCUT2D eigenvalue weighted by Crippen LogP contribution is -2.64. The summed E-state index contributed by atoms with van der Waals surface area (Å²) in [5.74, 6) is -2.37. The van der Waals surface area contributed by atoms with Gasteiger partial charge >= 0.3 is 0 Å². The molecule has 3 N–H and O–H groups in total.